The first-order valence-electron chi connectivity index (χ1n) is 10.9. The summed E-state index contributed by atoms with van der Waals surface area (Å²) in [5, 5.41) is 8.10. The minimum absolute atomic E-state index is 0.0116. The van der Waals surface area contributed by atoms with Crippen LogP contribution in [0.3, 0.4) is 0 Å². The summed E-state index contributed by atoms with van der Waals surface area (Å²) in [6.45, 7) is 4.17. The molecule has 2 heterocycles. The van der Waals surface area contributed by atoms with E-state index in [0.29, 0.717) is 18.5 Å². The maximum Gasteiger partial charge on any atom is 0.416 e. The predicted molar refractivity (Wildman–Crippen MR) is 121 cm³/mol. The van der Waals surface area contributed by atoms with E-state index < -0.39 is 17.7 Å². The van der Waals surface area contributed by atoms with Crippen LogP contribution in [0.25, 0.3) is 22.8 Å². The number of halogens is 3. The molecule has 182 valence electrons. The van der Waals surface area contributed by atoms with Crippen molar-refractivity contribution >= 4 is 5.97 Å². The van der Waals surface area contributed by atoms with Gasteiger partial charge in [0.25, 0.3) is 5.89 Å². The molecule has 0 saturated carbocycles. The van der Waals surface area contributed by atoms with Gasteiger partial charge in [0.2, 0.25) is 5.82 Å². The molecule has 0 saturated heterocycles. The van der Waals surface area contributed by atoms with Gasteiger partial charge in [-0.25, -0.2) is 4.79 Å². The van der Waals surface area contributed by atoms with Gasteiger partial charge < -0.3 is 9.26 Å². The van der Waals surface area contributed by atoms with E-state index in [-0.39, 0.29) is 34.5 Å². The van der Waals surface area contributed by atoms with Crippen LogP contribution in [0, 0.1) is 5.92 Å². The number of carbonyl (C=O) groups excluding carboxylic acids is 1. The van der Waals surface area contributed by atoms with Gasteiger partial charge in [-0.1, -0.05) is 49.3 Å². The number of nitrogens with zero attached hydrogens (tertiary/aromatic N) is 4. The Morgan fingerprint density at radius 3 is 2.46 bits per heavy atom. The van der Waals surface area contributed by atoms with E-state index in [1.807, 2.05) is 26.0 Å². The van der Waals surface area contributed by atoms with Gasteiger partial charge >= 0.3 is 12.1 Å². The standard InChI is InChI=1S/C25H23F3N4O3/c1-15(2)12-18-8-9-19(13-20(18)25(26,27)28)23-29-22(31-35-23)17-6-4-16(5-7-17)14-32-11-10-21(30-32)24(33)34-3/h4-11,13,15H,12,14H2,1-3H3. The van der Waals surface area contributed by atoms with Crippen molar-refractivity contribution < 1.29 is 27.2 Å². The van der Waals surface area contributed by atoms with Crippen LogP contribution in [0.2, 0.25) is 0 Å². The Labute approximate surface area is 199 Å². The fourth-order valence-corrected chi connectivity index (χ4v) is 3.66. The van der Waals surface area contributed by atoms with Crippen molar-refractivity contribution in [3.05, 3.63) is 77.1 Å². The second-order valence-corrected chi connectivity index (χ2v) is 8.48. The van der Waals surface area contributed by atoms with Crippen LogP contribution < -0.4 is 0 Å². The zero-order valence-corrected chi connectivity index (χ0v) is 19.3. The number of benzene rings is 2. The summed E-state index contributed by atoms with van der Waals surface area (Å²) >= 11 is 0. The molecule has 0 fully saturated rings. The zero-order chi connectivity index (χ0) is 25.2. The summed E-state index contributed by atoms with van der Waals surface area (Å²) in [6.07, 6.45) is -2.49. The largest absolute Gasteiger partial charge is 0.464 e. The Morgan fingerprint density at radius 2 is 1.80 bits per heavy atom. The lowest BCUT2D eigenvalue weighted by Gasteiger charge is -2.15. The average Bonchev–Trinajstić information content (AvgIpc) is 3.48. The van der Waals surface area contributed by atoms with Crippen LogP contribution in [-0.4, -0.2) is 33.0 Å². The maximum absolute atomic E-state index is 13.6. The van der Waals surface area contributed by atoms with E-state index in [1.165, 1.54) is 13.2 Å². The molecule has 0 bridgehead atoms. The van der Waals surface area contributed by atoms with E-state index in [2.05, 4.69) is 20.0 Å². The van der Waals surface area contributed by atoms with Gasteiger partial charge in [0.1, 0.15) is 0 Å². The molecule has 0 unspecified atom stereocenters. The molecule has 7 nitrogen and oxygen atoms in total. The SMILES string of the molecule is COC(=O)c1ccn(Cc2ccc(-c3noc(-c4ccc(CC(C)C)c(C(F)(F)F)c4)n3)cc2)n1. The highest BCUT2D eigenvalue weighted by Gasteiger charge is 2.34. The first-order valence-corrected chi connectivity index (χ1v) is 10.9. The van der Waals surface area contributed by atoms with Gasteiger partial charge in [0.15, 0.2) is 5.69 Å². The molecule has 0 aliphatic carbocycles. The molecule has 0 aliphatic heterocycles. The molecular formula is C25H23F3N4O3. The van der Waals surface area contributed by atoms with Gasteiger partial charge in [0.05, 0.1) is 19.2 Å². The number of rotatable bonds is 7. The van der Waals surface area contributed by atoms with Gasteiger partial charge in [-0.15, -0.1) is 0 Å². The minimum Gasteiger partial charge on any atom is -0.464 e. The van der Waals surface area contributed by atoms with Crippen molar-refractivity contribution in [3.8, 4) is 22.8 Å². The van der Waals surface area contributed by atoms with E-state index in [4.69, 9.17) is 4.52 Å². The van der Waals surface area contributed by atoms with E-state index >= 15 is 0 Å². The minimum atomic E-state index is -4.48. The molecule has 2 aromatic carbocycles. The highest BCUT2D eigenvalue weighted by molar-refractivity contribution is 5.86. The maximum atomic E-state index is 13.6. The number of ether oxygens (including phenoxy) is 1. The third kappa shape index (κ3) is 5.59. The summed E-state index contributed by atoms with van der Waals surface area (Å²) in [7, 11) is 1.29. The number of carbonyl (C=O) groups is 1. The van der Waals surface area contributed by atoms with Gasteiger partial charge in [-0.3, -0.25) is 4.68 Å². The average molecular weight is 484 g/mol. The smallest absolute Gasteiger partial charge is 0.416 e. The Morgan fingerprint density at radius 1 is 1.09 bits per heavy atom. The lowest BCUT2D eigenvalue weighted by molar-refractivity contribution is -0.138. The number of hydrogen-bond donors (Lipinski definition) is 0. The first kappa shape index (κ1) is 24.2. The van der Waals surface area contributed by atoms with Crippen LogP contribution in [0.15, 0.2) is 59.3 Å². The molecular weight excluding hydrogens is 461 g/mol. The fourth-order valence-electron chi connectivity index (χ4n) is 3.66. The molecule has 0 radical (unpaired) electrons. The third-order valence-corrected chi connectivity index (χ3v) is 5.31. The quantitative estimate of drug-likeness (QED) is 0.315. The molecule has 0 amide bonds. The molecule has 0 spiro atoms. The van der Waals surface area contributed by atoms with Crippen LogP contribution in [0.4, 0.5) is 13.2 Å². The number of alkyl halides is 3. The lowest BCUT2D eigenvalue weighted by atomic mass is 9.96. The highest BCUT2D eigenvalue weighted by Crippen LogP contribution is 2.36. The third-order valence-electron chi connectivity index (χ3n) is 5.31. The molecule has 2 aromatic heterocycles. The molecule has 10 heteroatoms. The summed E-state index contributed by atoms with van der Waals surface area (Å²) in [5.74, 6) is -0.150. The van der Waals surface area contributed by atoms with Crippen LogP contribution in [-0.2, 0) is 23.9 Å². The highest BCUT2D eigenvalue weighted by atomic mass is 19.4. The van der Waals surface area contributed by atoms with Gasteiger partial charge in [-0.2, -0.15) is 23.3 Å². The first-order chi connectivity index (χ1) is 16.6. The molecule has 4 aromatic rings. The van der Waals surface area contributed by atoms with Crippen molar-refractivity contribution in [1.29, 1.82) is 0 Å². The van der Waals surface area contributed by atoms with E-state index in [9.17, 15) is 18.0 Å². The lowest BCUT2D eigenvalue weighted by Crippen LogP contribution is -2.11. The van der Waals surface area contributed by atoms with E-state index in [1.54, 1.807) is 35.1 Å². The van der Waals surface area contributed by atoms with Crippen molar-refractivity contribution in [1.82, 2.24) is 19.9 Å². The van der Waals surface area contributed by atoms with E-state index in [0.717, 1.165) is 11.6 Å². The molecule has 35 heavy (non-hydrogen) atoms. The van der Waals surface area contributed by atoms with Crippen LogP contribution in [0.1, 0.15) is 41.0 Å². The molecule has 0 aliphatic rings. The molecule has 0 atom stereocenters. The normalized spacial score (nSPS) is 11.7. The van der Waals surface area contributed by atoms with Crippen molar-refractivity contribution in [2.24, 2.45) is 5.92 Å². The Balaban J connectivity index is 1.52. The summed E-state index contributed by atoms with van der Waals surface area (Å²) in [4.78, 5) is 15.8. The summed E-state index contributed by atoms with van der Waals surface area (Å²) in [5.41, 5.74) is 1.53. The second kappa shape index (κ2) is 9.73. The van der Waals surface area contributed by atoms with Crippen molar-refractivity contribution in [2.45, 2.75) is 33.0 Å². The van der Waals surface area contributed by atoms with Crippen molar-refractivity contribution in [2.75, 3.05) is 7.11 Å². The summed E-state index contributed by atoms with van der Waals surface area (Å²) in [6, 6.07) is 12.9. The molecule has 4 rings (SSSR count). The fraction of sp³-hybridized carbons (Fsp3) is 0.280. The van der Waals surface area contributed by atoms with Crippen LogP contribution in [0.5, 0.6) is 0 Å². The summed E-state index contributed by atoms with van der Waals surface area (Å²) < 4.78 is 52.4. The van der Waals surface area contributed by atoms with Gasteiger partial charge in [-0.05, 0) is 41.7 Å². The number of aromatic nitrogens is 4. The Hall–Kier alpha value is -3.95. The number of hydrogen-bond acceptors (Lipinski definition) is 6. The zero-order valence-electron chi connectivity index (χ0n) is 19.3. The van der Waals surface area contributed by atoms with Gasteiger partial charge in [0, 0.05) is 17.3 Å². The van der Waals surface area contributed by atoms with Crippen molar-refractivity contribution in [3.63, 3.8) is 0 Å². The Kier molecular flexibility index (Phi) is 6.72. The molecule has 0 N–H and O–H groups in total. The number of methoxy groups -OCH3 is 1. The number of esters is 1. The topological polar surface area (TPSA) is 83.0 Å². The van der Waals surface area contributed by atoms with Crippen LogP contribution >= 0.6 is 0 Å². The predicted octanol–water partition coefficient (Wildman–Crippen LogP) is 5.65. The Bertz CT molecular complexity index is 1320. The second-order valence-electron chi connectivity index (χ2n) is 8.48. The monoisotopic (exact) mass is 484 g/mol.